The molecule has 2 aromatic carbocycles. The number of hydrogen-bond acceptors (Lipinski definition) is 4. The molecule has 0 spiro atoms. The van der Waals surface area contributed by atoms with E-state index >= 15 is 0 Å². The van der Waals surface area contributed by atoms with Crippen LogP contribution < -0.4 is 15.5 Å². The SMILES string of the molecule is O=C(CNC(=O)C1CCCCC1)Nc1ccc(N2CCN(Cc3ccccc3)CC2)cc1. The van der Waals surface area contributed by atoms with Gasteiger partial charge in [-0.05, 0) is 42.7 Å². The van der Waals surface area contributed by atoms with Gasteiger partial charge in [-0.2, -0.15) is 0 Å². The average Bonchev–Trinajstić information content (AvgIpc) is 2.85. The van der Waals surface area contributed by atoms with Crippen molar-refractivity contribution >= 4 is 23.2 Å². The number of benzene rings is 2. The smallest absolute Gasteiger partial charge is 0.243 e. The highest BCUT2D eigenvalue weighted by Crippen LogP contribution is 2.23. The number of nitrogens with zero attached hydrogens (tertiary/aromatic N) is 2. The molecule has 2 N–H and O–H groups in total. The monoisotopic (exact) mass is 434 g/mol. The summed E-state index contributed by atoms with van der Waals surface area (Å²) in [5.74, 6) is -0.0953. The van der Waals surface area contributed by atoms with E-state index < -0.39 is 0 Å². The maximum atomic E-state index is 12.2. The normalized spacial score (nSPS) is 17.7. The van der Waals surface area contributed by atoms with Crippen LogP contribution >= 0.6 is 0 Å². The van der Waals surface area contributed by atoms with E-state index in [0.29, 0.717) is 0 Å². The molecule has 2 aromatic rings. The summed E-state index contributed by atoms with van der Waals surface area (Å²) in [6.07, 6.45) is 5.31. The molecular formula is C26H34N4O2. The lowest BCUT2D eigenvalue weighted by atomic mass is 9.89. The van der Waals surface area contributed by atoms with Crippen molar-refractivity contribution in [1.82, 2.24) is 10.2 Å². The molecule has 1 saturated heterocycles. The highest BCUT2D eigenvalue weighted by atomic mass is 16.2. The van der Waals surface area contributed by atoms with Gasteiger partial charge >= 0.3 is 0 Å². The zero-order valence-electron chi connectivity index (χ0n) is 18.8. The van der Waals surface area contributed by atoms with Crippen LogP contribution in [0.4, 0.5) is 11.4 Å². The van der Waals surface area contributed by atoms with Crippen LogP contribution in [0, 0.1) is 5.92 Å². The van der Waals surface area contributed by atoms with Crippen molar-refractivity contribution < 1.29 is 9.59 Å². The zero-order valence-corrected chi connectivity index (χ0v) is 18.8. The molecule has 2 aliphatic rings. The third-order valence-corrected chi connectivity index (χ3v) is 6.54. The van der Waals surface area contributed by atoms with Gasteiger partial charge < -0.3 is 15.5 Å². The maximum Gasteiger partial charge on any atom is 0.243 e. The Bertz CT molecular complexity index is 870. The lowest BCUT2D eigenvalue weighted by Crippen LogP contribution is -2.45. The number of carbonyl (C=O) groups is 2. The first-order chi connectivity index (χ1) is 15.7. The summed E-state index contributed by atoms with van der Waals surface area (Å²) in [4.78, 5) is 29.3. The number of amides is 2. The summed E-state index contributed by atoms with van der Waals surface area (Å²) in [5, 5.41) is 5.68. The Balaban J connectivity index is 1.19. The van der Waals surface area contributed by atoms with Gasteiger partial charge in [0.05, 0.1) is 6.54 Å². The molecule has 1 aliphatic carbocycles. The van der Waals surface area contributed by atoms with Gasteiger partial charge in [-0.1, -0.05) is 49.6 Å². The van der Waals surface area contributed by atoms with Crippen molar-refractivity contribution in [1.29, 1.82) is 0 Å². The quantitative estimate of drug-likeness (QED) is 0.698. The van der Waals surface area contributed by atoms with Gasteiger partial charge in [0.15, 0.2) is 0 Å². The van der Waals surface area contributed by atoms with E-state index in [1.807, 2.05) is 12.1 Å². The van der Waals surface area contributed by atoms with Crippen LogP contribution in [0.3, 0.4) is 0 Å². The Labute approximate surface area is 191 Å². The molecule has 0 unspecified atom stereocenters. The van der Waals surface area contributed by atoms with Crippen LogP contribution in [0.1, 0.15) is 37.7 Å². The second kappa shape index (κ2) is 11.1. The van der Waals surface area contributed by atoms with E-state index in [0.717, 1.165) is 64.1 Å². The molecule has 4 rings (SSSR count). The number of anilines is 2. The van der Waals surface area contributed by atoms with Gasteiger partial charge in [-0.25, -0.2) is 0 Å². The lowest BCUT2D eigenvalue weighted by molar-refractivity contribution is -0.128. The molecule has 0 aromatic heterocycles. The molecule has 0 atom stereocenters. The predicted octanol–water partition coefficient (Wildman–Crippen LogP) is 3.64. The van der Waals surface area contributed by atoms with Crippen LogP contribution in [0.25, 0.3) is 0 Å². The molecule has 6 nitrogen and oxygen atoms in total. The Hall–Kier alpha value is -2.86. The molecule has 2 amide bonds. The summed E-state index contributed by atoms with van der Waals surface area (Å²) in [6, 6.07) is 18.6. The van der Waals surface area contributed by atoms with E-state index in [1.165, 1.54) is 17.7 Å². The van der Waals surface area contributed by atoms with Gasteiger partial charge in [0, 0.05) is 50.0 Å². The van der Waals surface area contributed by atoms with Crippen LogP contribution in [-0.2, 0) is 16.1 Å². The van der Waals surface area contributed by atoms with Gasteiger partial charge in [-0.3, -0.25) is 14.5 Å². The minimum Gasteiger partial charge on any atom is -0.369 e. The largest absolute Gasteiger partial charge is 0.369 e. The van der Waals surface area contributed by atoms with Crippen molar-refractivity contribution in [3.8, 4) is 0 Å². The molecular weight excluding hydrogens is 400 g/mol. The lowest BCUT2D eigenvalue weighted by Gasteiger charge is -2.36. The Morgan fingerprint density at radius 1 is 0.844 bits per heavy atom. The molecule has 1 saturated carbocycles. The highest BCUT2D eigenvalue weighted by Gasteiger charge is 2.21. The van der Waals surface area contributed by atoms with Crippen molar-refractivity contribution in [2.75, 3.05) is 42.9 Å². The average molecular weight is 435 g/mol. The number of hydrogen-bond donors (Lipinski definition) is 2. The number of carbonyl (C=O) groups excluding carboxylic acids is 2. The van der Waals surface area contributed by atoms with Crippen LogP contribution in [-0.4, -0.2) is 49.4 Å². The zero-order chi connectivity index (χ0) is 22.2. The van der Waals surface area contributed by atoms with E-state index in [9.17, 15) is 9.59 Å². The fourth-order valence-corrected chi connectivity index (χ4v) is 4.64. The summed E-state index contributed by atoms with van der Waals surface area (Å²) in [5.41, 5.74) is 3.29. The van der Waals surface area contributed by atoms with Gasteiger partial charge in [-0.15, -0.1) is 0 Å². The van der Waals surface area contributed by atoms with Crippen molar-refractivity contribution in [2.24, 2.45) is 5.92 Å². The highest BCUT2D eigenvalue weighted by molar-refractivity contribution is 5.94. The van der Waals surface area contributed by atoms with Crippen molar-refractivity contribution in [3.63, 3.8) is 0 Å². The molecule has 170 valence electrons. The Morgan fingerprint density at radius 2 is 1.53 bits per heavy atom. The van der Waals surface area contributed by atoms with Crippen LogP contribution in [0.15, 0.2) is 54.6 Å². The minimum absolute atomic E-state index is 0.0154. The summed E-state index contributed by atoms with van der Waals surface area (Å²) < 4.78 is 0. The summed E-state index contributed by atoms with van der Waals surface area (Å²) >= 11 is 0. The second-order valence-corrected chi connectivity index (χ2v) is 8.90. The van der Waals surface area contributed by atoms with Crippen molar-refractivity contribution in [2.45, 2.75) is 38.6 Å². The molecule has 0 bridgehead atoms. The number of nitrogens with one attached hydrogen (secondary N) is 2. The van der Waals surface area contributed by atoms with E-state index in [-0.39, 0.29) is 24.3 Å². The van der Waals surface area contributed by atoms with E-state index in [1.54, 1.807) is 0 Å². The molecule has 2 fully saturated rings. The van der Waals surface area contributed by atoms with Crippen molar-refractivity contribution in [3.05, 3.63) is 60.2 Å². The molecule has 1 heterocycles. The number of piperazine rings is 1. The third-order valence-electron chi connectivity index (χ3n) is 6.54. The summed E-state index contributed by atoms with van der Waals surface area (Å²) in [6.45, 7) is 5.08. The summed E-state index contributed by atoms with van der Waals surface area (Å²) in [7, 11) is 0. The Kier molecular flexibility index (Phi) is 7.77. The minimum atomic E-state index is -0.184. The fourth-order valence-electron chi connectivity index (χ4n) is 4.64. The predicted molar refractivity (Wildman–Crippen MR) is 129 cm³/mol. The first-order valence-electron chi connectivity index (χ1n) is 11.9. The standard InChI is InChI=1S/C26H34N4O2/c31-25(19-27-26(32)22-9-5-2-6-10-22)28-23-11-13-24(14-12-23)30-17-15-29(16-18-30)20-21-7-3-1-4-8-21/h1,3-4,7-8,11-14,22H,2,5-6,9-10,15-20H2,(H,27,32)(H,28,31). The molecule has 1 aliphatic heterocycles. The van der Waals surface area contributed by atoms with Gasteiger partial charge in [0.2, 0.25) is 11.8 Å². The first-order valence-corrected chi connectivity index (χ1v) is 11.9. The first kappa shape index (κ1) is 22.3. The van der Waals surface area contributed by atoms with Crippen LogP contribution in [0.2, 0.25) is 0 Å². The molecule has 32 heavy (non-hydrogen) atoms. The molecule has 6 heteroatoms. The molecule has 0 radical (unpaired) electrons. The maximum absolute atomic E-state index is 12.2. The third kappa shape index (κ3) is 6.33. The van der Waals surface area contributed by atoms with Crippen LogP contribution in [0.5, 0.6) is 0 Å². The Morgan fingerprint density at radius 3 is 2.22 bits per heavy atom. The van der Waals surface area contributed by atoms with E-state index in [4.69, 9.17) is 0 Å². The van der Waals surface area contributed by atoms with Gasteiger partial charge in [0.25, 0.3) is 0 Å². The van der Waals surface area contributed by atoms with Gasteiger partial charge in [0.1, 0.15) is 0 Å². The number of rotatable bonds is 7. The second-order valence-electron chi connectivity index (χ2n) is 8.90. The fraction of sp³-hybridized carbons (Fsp3) is 0.462. The topological polar surface area (TPSA) is 64.7 Å². The van der Waals surface area contributed by atoms with E-state index in [2.05, 4.69) is 62.9 Å².